The van der Waals surface area contributed by atoms with E-state index in [1.165, 1.54) is 6.92 Å². The SMILES string of the molecule is CC1(C)COC2(CC[C@]34O[C@]3(CCC3C4=CC[C@@]4(C)[C@H]3CC[C@@]4(O)C(F)(F)C(F)(F)F)C2)OC1. The summed E-state index contributed by atoms with van der Waals surface area (Å²) in [5, 5.41) is 10.9. The predicted molar refractivity (Wildman–Crippen MR) is 111 cm³/mol. The first-order valence-electron chi connectivity index (χ1n) is 12.4. The van der Waals surface area contributed by atoms with Gasteiger partial charge in [-0.25, -0.2) is 0 Å². The smallest absolute Gasteiger partial charge is 0.383 e. The minimum atomic E-state index is -5.80. The van der Waals surface area contributed by atoms with E-state index in [0.717, 1.165) is 5.57 Å². The Morgan fingerprint density at radius 1 is 0.941 bits per heavy atom. The Morgan fingerprint density at radius 2 is 1.62 bits per heavy atom. The number of allylic oxidation sites excluding steroid dienone is 1. The van der Waals surface area contributed by atoms with Crippen molar-refractivity contribution in [3.63, 3.8) is 0 Å². The van der Waals surface area contributed by atoms with E-state index in [1.54, 1.807) is 0 Å². The quantitative estimate of drug-likeness (QED) is 0.297. The van der Waals surface area contributed by atoms with E-state index in [1.807, 2.05) is 6.08 Å². The molecule has 1 spiro atoms. The summed E-state index contributed by atoms with van der Waals surface area (Å²) in [6, 6.07) is 0. The zero-order valence-corrected chi connectivity index (χ0v) is 19.9. The van der Waals surface area contributed by atoms with Gasteiger partial charge in [-0.2, -0.15) is 22.0 Å². The van der Waals surface area contributed by atoms with Gasteiger partial charge in [-0.1, -0.05) is 26.8 Å². The summed E-state index contributed by atoms with van der Waals surface area (Å²) in [5.74, 6) is -6.44. The molecule has 192 valence electrons. The molecule has 1 N–H and O–H groups in total. The molecule has 4 aliphatic carbocycles. The molecule has 2 saturated heterocycles. The minimum Gasteiger partial charge on any atom is -0.383 e. The molecule has 0 radical (unpaired) electrons. The summed E-state index contributed by atoms with van der Waals surface area (Å²) in [6.07, 6.45) is -1.11. The number of halogens is 5. The topological polar surface area (TPSA) is 51.2 Å². The maximum Gasteiger partial charge on any atom is 0.456 e. The predicted octanol–water partition coefficient (Wildman–Crippen LogP) is 5.53. The maximum absolute atomic E-state index is 14.6. The summed E-state index contributed by atoms with van der Waals surface area (Å²) >= 11 is 0. The van der Waals surface area contributed by atoms with Crippen LogP contribution in [0.15, 0.2) is 11.6 Å². The Kier molecular flexibility index (Phi) is 4.43. The average molecular weight is 493 g/mol. The lowest BCUT2D eigenvalue weighted by Crippen LogP contribution is -2.65. The van der Waals surface area contributed by atoms with E-state index in [0.29, 0.717) is 45.3 Å². The molecule has 9 heteroatoms. The van der Waals surface area contributed by atoms with Crippen LogP contribution in [0.4, 0.5) is 22.0 Å². The van der Waals surface area contributed by atoms with E-state index >= 15 is 0 Å². The second-order valence-corrected chi connectivity index (χ2v) is 12.8. The van der Waals surface area contributed by atoms with Crippen molar-refractivity contribution in [1.82, 2.24) is 0 Å². The summed E-state index contributed by atoms with van der Waals surface area (Å²) in [7, 11) is 0. The van der Waals surface area contributed by atoms with Crippen molar-refractivity contribution in [3.8, 4) is 0 Å². The molecular formula is C25H33F5O4. The van der Waals surface area contributed by atoms with E-state index in [4.69, 9.17) is 14.2 Å². The Balaban J connectivity index is 1.29. The summed E-state index contributed by atoms with van der Waals surface area (Å²) in [5.41, 5.74) is -4.60. The van der Waals surface area contributed by atoms with Crippen molar-refractivity contribution in [3.05, 3.63) is 11.6 Å². The van der Waals surface area contributed by atoms with Crippen molar-refractivity contribution < 1.29 is 41.3 Å². The van der Waals surface area contributed by atoms with Crippen LogP contribution in [0.5, 0.6) is 0 Å². The van der Waals surface area contributed by atoms with Crippen LogP contribution in [0.3, 0.4) is 0 Å². The van der Waals surface area contributed by atoms with Crippen LogP contribution in [0.1, 0.15) is 72.1 Å². The highest BCUT2D eigenvalue weighted by molar-refractivity contribution is 5.44. The van der Waals surface area contributed by atoms with Gasteiger partial charge in [0.05, 0.1) is 13.2 Å². The average Bonchev–Trinajstić information content (AvgIpc) is 3.35. The molecule has 0 bridgehead atoms. The fourth-order valence-electron chi connectivity index (χ4n) is 8.34. The maximum atomic E-state index is 14.6. The number of rotatable bonds is 1. The van der Waals surface area contributed by atoms with Crippen molar-refractivity contribution in [2.45, 2.75) is 107 Å². The number of hydrogen-bond acceptors (Lipinski definition) is 4. The number of epoxide rings is 1. The lowest BCUT2D eigenvalue weighted by Gasteiger charge is -2.54. The number of ether oxygens (including phenoxy) is 3. The van der Waals surface area contributed by atoms with Crippen molar-refractivity contribution >= 4 is 0 Å². The molecule has 34 heavy (non-hydrogen) atoms. The molecular weight excluding hydrogens is 459 g/mol. The third-order valence-electron chi connectivity index (χ3n) is 10.3. The standard InChI is InChI=1S/C25H33F5O4/c1-18(2)13-32-21(33-14-18)10-11-22-17-5-7-19(3)16(15(17)4-8-20(22,12-21)34-22)6-9-23(19,31)24(26,27)25(28,29)30/h5,15-16,31H,4,6-14H2,1-3H3/t15?,16-,19-,20+,22+,23-/m0/s1. The monoisotopic (exact) mass is 492 g/mol. The second-order valence-electron chi connectivity index (χ2n) is 12.8. The number of aliphatic hydroxyl groups is 1. The number of hydrogen-bond donors (Lipinski definition) is 1. The van der Waals surface area contributed by atoms with E-state index < -0.39 is 52.4 Å². The van der Waals surface area contributed by atoms with Gasteiger partial charge in [0.25, 0.3) is 0 Å². The summed E-state index contributed by atoms with van der Waals surface area (Å²) in [6.45, 7) is 6.83. The Morgan fingerprint density at radius 3 is 2.26 bits per heavy atom. The van der Waals surface area contributed by atoms with Gasteiger partial charge in [0, 0.05) is 23.7 Å². The largest absolute Gasteiger partial charge is 0.456 e. The first-order valence-corrected chi connectivity index (χ1v) is 12.4. The first kappa shape index (κ1) is 23.6. The van der Waals surface area contributed by atoms with Gasteiger partial charge in [0.15, 0.2) is 5.79 Å². The summed E-state index contributed by atoms with van der Waals surface area (Å²) in [4.78, 5) is 0. The minimum absolute atomic E-state index is 0.0147. The van der Waals surface area contributed by atoms with Crippen LogP contribution < -0.4 is 0 Å². The lowest BCUT2D eigenvalue weighted by atomic mass is 9.52. The van der Waals surface area contributed by atoms with Gasteiger partial charge < -0.3 is 19.3 Å². The van der Waals surface area contributed by atoms with Crippen LogP contribution >= 0.6 is 0 Å². The fraction of sp³-hybridized carbons (Fsp3) is 0.920. The molecule has 6 atom stereocenters. The second kappa shape index (κ2) is 6.37. The molecule has 0 aromatic heterocycles. The van der Waals surface area contributed by atoms with Crippen LogP contribution in [-0.2, 0) is 14.2 Å². The molecule has 0 aromatic carbocycles. The molecule has 1 unspecified atom stereocenters. The molecule has 2 aliphatic heterocycles. The Labute approximate surface area is 196 Å². The molecule has 2 heterocycles. The lowest BCUT2D eigenvalue weighted by molar-refractivity contribution is -0.361. The fourth-order valence-corrected chi connectivity index (χ4v) is 8.34. The normalized spacial score (nSPS) is 48.9. The van der Waals surface area contributed by atoms with Gasteiger partial charge >= 0.3 is 12.1 Å². The zero-order valence-electron chi connectivity index (χ0n) is 19.9. The highest BCUT2D eigenvalue weighted by Gasteiger charge is 2.82. The van der Waals surface area contributed by atoms with Crippen LogP contribution in [0, 0.1) is 22.7 Å². The van der Waals surface area contributed by atoms with Gasteiger partial charge in [-0.05, 0) is 55.9 Å². The Bertz CT molecular complexity index is 936. The van der Waals surface area contributed by atoms with Crippen molar-refractivity contribution in [2.75, 3.05) is 13.2 Å². The number of alkyl halides is 5. The highest BCUT2D eigenvalue weighted by Crippen LogP contribution is 2.75. The molecule has 3 saturated carbocycles. The molecule has 6 aliphatic rings. The van der Waals surface area contributed by atoms with Gasteiger partial charge in [0.2, 0.25) is 0 Å². The van der Waals surface area contributed by atoms with E-state index in [-0.39, 0.29) is 24.2 Å². The van der Waals surface area contributed by atoms with Crippen LogP contribution in [0.2, 0.25) is 0 Å². The van der Waals surface area contributed by atoms with E-state index in [2.05, 4.69) is 13.8 Å². The van der Waals surface area contributed by atoms with Gasteiger partial charge in [-0.15, -0.1) is 0 Å². The third-order valence-corrected chi connectivity index (χ3v) is 10.3. The molecule has 0 aromatic rings. The highest BCUT2D eigenvalue weighted by atomic mass is 19.4. The molecule has 6 rings (SSSR count). The van der Waals surface area contributed by atoms with E-state index in [9.17, 15) is 27.1 Å². The van der Waals surface area contributed by atoms with Gasteiger partial charge in [-0.3, -0.25) is 0 Å². The van der Waals surface area contributed by atoms with Gasteiger partial charge in [0.1, 0.15) is 16.8 Å². The summed E-state index contributed by atoms with van der Waals surface area (Å²) < 4.78 is 88.2. The van der Waals surface area contributed by atoms with Crippen molar-refractivity contribution in [1.29, 1.82) is 0 Å². The van der Waals surface area contributed by atoms with Crippen LogP contribution in [-0.4, -0.2) is 53.0 Å². The Hall–Kier alpha value is -0.770. The number of fused-ring (bicyclic) bond motifs is 3. The zero-order chi connectivity index (χ0) is 24.6. The molecule has 5 fully saturated rings. The first-order chi connectivity index (χ1) is 15.6. The molecule has 4 nitrogen and oxygen atoms in total. The van der Waals surface area contributed by atoms with Crippen molar-refractivity contribution in [2.24, 2.45) is 22.7 Å². The van der Waals surface area contributed by atoms with Crippen LogP contribution in [0.25, 0.3) is 0 Å². The molecule has 0 amide bonds. The third kappa shape index (κ3) is 2.63.